The maximum absolute atomic E-state index is 2.34. The summed E-state index contributed by atoms with van der Waals surface area (Å²) < 4.78 is 0. The minimum Gasteiger partial charge on any atom is -0.0632 e. The minimum atomic E-state index is 0.154. The Kier molecular flexibility index (Phi) is 6.59. The Morgan fingerprint density at radius 2 is 0.853 bits per heavy atom. The van der Waals surface area contributed by atoms with E-state index >= 15 is 0 Å². The lowest BCUT2D eigenvalue weighted by Gasteiger charge is -2.20. The summed E-state index contributed by atoms with van der Waals surface area (Å²) in [5.41, 5.74) is 11.8. The molecule has 0 aliphatic heterocycles. The van der Waals surface area contributed by atoms with Crippen LogP contribution in [-0.2, 0) is 17.2 Å². The van der Waals surface area contributed by atoms with E-state index in [0.29, 0.717) is 0 Å². The monoisotopic (exact) mass is 444 g/mol. The minimum absolute atomic E-state index is 0.154. The van der Waals surface area contributed by atoms with Gasteiger partial charge in [-0.3, -0.25) is 0 Å². The first-order valence-electron chi connectivity index (χ1n) is 12.5. The van der Waals surface area contributed by atoms with Crippen LogP contribution in [0.1, 0.15) is 58.2 Å². The van der Waals surface area contributed by atoms with Gasteiger partial charge in [0.2, 0.25) is 0 Å². The third-order valence-corrected chi connectivity index (χ3v) is 6.80. The molecule has 0 aliphatic rings. The lowest BCUT2D eigenvalue weighted by atomic mass is 9.67. The van der Waals surface area contributed by atoms with Gasteiger partial charge < -0.3 is 0 Å². The smallest absolute Gasteiger partial charge is 0.0632 e. The molecule has 1 heteroatoms. The Bertz CT molecular complexity index is 1170. The van der Waals surface area contributed by atoms with Gasteiger partial charge in [-0.1, -0.05) is 120 Å². The lowest BCUT2D eigenvalue weighted by Crippen LogP contribution is -2.16. The second-order valence-corrected chi connectivity index (χ2v) is 11.5. The molecular weight excluding hydrogens is 407 g/mol. The van der Waals surface area contributed by atoms with Gasteiger partial charge in [-0.05, 0) is 79.9 Å². The largest absolute Gasteiger partial charge is 0.114 e. The zero-order valence-electron chi connectivity index (χ0n) is 21.9. The Hall–Kier alpha value is -3.06. The molecule has 0 saturated heterocycles. The fraction of sp³-hybridized carbons (Fsp3) is 0.273. The average molecular weight is 444 g/mol. The normalized spacial score (nSPS) is 12.1. The number of aryl methyl sites for hydroxylation is 1. The van der Waals surface area contributed by atoms with Crippen molar-refractivity contribution < 1.29 is 0 Å². The van der Waals surface area contributed by atoms with Crippen LogP contribution in [0.25, 0.3) is 33.4 Å². The fourth-order valence-electron chi connectivity index (χ4n) is 4.39. The van der Waals surface area contributed by atoms with Gasteiger partial charge in [0.05, 0.1) is 0 Å². The van der Waals surface area contributed by atoms with Gasteiger partial charge in [0.1, 0.15) is 7.85 Å². The molecule has 0 nitrogen and oxygen atoms in total. The van der Waals surface area contributed by atoms with Crippen molar-refractivity contribution in [1.29, 1.82) is 0 Å². The Morgan fingerprint density at radius 3 is 1.18 bits per heavy atom. The van der Waals surface area contributed by atoms with E-state index in [4.69, 9.17) is 0 Å². The number of hydrogen-bond acceptors (Lipinski definition) is 0. The van der Waals surface area contributed by atoms with Crippen molar-refractivity contribution >= 4 is 7.85 Å². The average Bonchev–Trinajstić information content (AvgIpc) is 2.83. The maximum atomic E-state index is 2.34. The van der Waals surface area contributed by atoms with Gasteiger partial charge in [-0.2, -0.15) is 0 Å². The van der Waals surface area contributed by atoms with Gasteiger partial charge >= 0.3 is 0 Å². The van der Waals surface area contributed by atoms with E-state index < -0.39 is 0 Å². The van der Waals surface area contributed by atoms with Crippen LogP contribution in [0, 0.1) is 0 Å². The predicted molar refractivity (Wildman–Crippen MR) is 152 cm³/mol. The SMILES string of the molecule is BC(C)(C)c1ccc(-c2cc(-c3ccc(CC)cc3)cc(-c3ccc(C(C)(C)C)cc3)c2)cc1. The summed E-state index contributed by atoms with van der Waals surface area (Å²) in [6.45, 7) is 13.5. The third-order valence-electron chi connectivity index (χ3n) is 6.80. The molecule has 172 valence electrons. The van der Waals surface area contributed by atoms with Crippen LogP contribution in [-0.4, -0.2) is 7.85 Å². The second kappa shape index (κ2) is 9.30. The number of benzene rings is 4. The predicted octanol–water partition coefficient (Wildman–Crippen LogP) is 8.42. The highest BCUT2D eigenvalue weighted by atomic mass is 14.2. The molecule has 0 amide bonds. The molecule has 0 atom stereocenters. The summed E-state index contributed by atoms with van der Waals surface area (Å²) in [5.74, 6) is 0. The molecule has 0 heterocycles. The molecule has 0 aliphatic carbocycles. The van der Waals surface area contributed by atoms with Gasteiger partial charge in [0, 0.05) is 0 Å². The Balaban J connectivity index is 1.82. The van der Waals surface area contributed by atoms with E-state index in [1.165, 1.54) is 50.1 Å². The van der Waals surface area contributed by atoms with Crippen molar-refractivity contribution in [1.82, 2.24) is 0 Å². The Morgan fingerprint density at radius 1 is 0.500 bits per heavy atom. The maximum Gasteiger partial charge on any atom is 0.114 e. The van der Waals surface area contributed by atoms with Crippen LogP contribution in [0.2, 0.25) is 0 Å². The van der Waals surface area contributed by atoms with Crippen LogP contribution < -0.4 is 0 Å². The van der Waals surface area contributed by atoms with E-state index in [9.17, 15) is 0 Å². The molecule has 34 heavy (non-hydrogen) atoms. The van der Waals surface area contributed by atoms with Crippen LogP contribution in [0.4, 0.5) is 0 Å². The van der Waals surface area contributed by atoms with E-state index in [-0.39, 0.29) is 10.7 Å². The first-order valence-corrected chi connectivity index (χ1v) is 12.5. The highest BCUT2D eigenvalue weighted by molar-refractivity contribution is 6.15. The highest BCUT2D eigenvalue weighted by Crippen LogP contribution is 2.35. The molecule has 0 saturated carbocycles. The van der Waals surface area contributed by atoms with Gasteiger partial charge in [-0.15, -0.1) is 0 Å². The zero-order chi connectivity index (χ0) is 24.5. The number of hydrogen-bond donors (Lipinski definition) is 0. The van der Waals surface area contributed by atoms with E-state index in [0.717, 1.165) is 6.42 Å². The molecular formula is C33H37B. The van der Waals surface area contributed by atoms with Crippen molar-refractivity contribution in [2.75, 3.05) is 0 Å². The zero-order valence-corrected chi connectivity index (χ0v) is 21.9. The van der Waals surface area contributed by atoms with E-state index in [1.54, 1.807) is 0 Å². The van der Waals surface area contributed by atoms with E-state index in [1.807, 2.05) is 0 Å². The van der Waals surface area contributed by atoms with Crippen molar-refractivity contribution in [2.45, 2.75) is 58.7 Å². The molecule has 4 aromatic rings. The van der Waals surface area contributed by atoms with Gasteiger partial charge in [0.25, 0.3) is 0 Å². The lowest BCUT2D eigenvalue weighted by molar-refractivity contribution is 0.590. The standard InChI is InChI=1S/C33H37B/c1-7-23-8-10-24(11-9-23)27-20-28(25-12-16-30(17-13-25)32(2,3)4)22-29(21-27)26-14-18-31(19-15-26)33(5,6)34/h8-22H,7,34H2,1-6H3. The molecule has 0 N–H and O–H groups in total. The van der Waals surface area contributed by atoms with Crippen LogP contribution in [0.5, 0.6) is 0 Å². The van der Waals surface area contributed by atoms with Gasteiger partial charge in [-0.25, -0.2) is 0 Å². The van der Waals surface area contributed by atoms with Crippen molar-refractivity contribution in [3.8, 4) is 33.4 Å². The first kappa shape index (κ1) is 24.1. The summed E-state index contributed by atoms with van der Waals surface area (Å²) >= 11 is 0. The summed E-state index contributed by atoms with van der Waals surface area (Å²) in [5, 5.41) is 0.154. The molecule has 0 bridgehead atoms. The number of rotatable bonds is 5. The molecule has 0 spiro atoms. The van der Waals surface area contributed by atoms with E-state index in [2.05, 4.69) is 140 Å². The molecule has 0 fully saturated rings. The van der Waals surface area contributed by atoms with Gasteiger partial charge in [0.15, 0.2) is 0 Å². The molecule has 0 radical (unpaired) electrons. The summed E-state index contributed by atoms with van der Waals surface area (Å²) in [7, 11) is 2.27. The summed E-state index contributed by atoms with van der Waals surface area (Å²) in [4.78, 5) is 0. The Labute approximate surface area is 207 Å². The van der Waals surface area contributed by atoms with Crippen molar-refractivity contribution in [3.63, 3.8) is 0 Å². The quantitative estimate of drug-likeness (QED) is 0.271. The first-order chi connectivity index (χ1) is 16.0. The van der Waals surface area contributed by atoms with Crippen LogP contribution in [0.3, 0.4) is 0 Å². The molecule has 4 rings (SSSR count). The second-order valence-electron chi connectivity index (χ2n) is 11.5. The third kappa shape index (κ3) is 5.36. The molecule has 4 aromatic carbocycles. The van der Waals surface area contributed by atoms with Crippen molar-refractivity contribution in [2.24, 2.45) is 0 Å². The van der Waals surface area contributed by atoms with Crippen molar-refractivity contribution in [3.05, 3.63) is 108 Å². The molecule has 0 unspecified atom stereocenters. The van der Waals surface area contributed by atoms with Crippen LogP contribution >= 0.6 is 0 Å². The highest BCUT2D eigenvalue weighted by Gasteiger charge is 2.15. The fourth-order valence-corrected chi connectivity index (χ4v) is 4.39. The van der Waals surface area contributed by atoms with Crippen LogP contribution in [0.15, 0.2) is 91.0 Å². The summed E-state index contributed by atoms with van der Waals surface area (Å²) in [6.07, 6.45) is 1.06. The molecule has 0 aromatic heterocycles. The topological polar surface area (TPSA) is 0 Å². The summed E-state index contributed by atoms with van der Waals surface area (Å²) in [6, 6.07) is 34.2.